The van der Waals surface area contributed by atoms with Gasteiger partial charge in [0.15, 0.2) is 11.6 Å². The highest BCUT2D eigenvalue weighted by atomic mass is 19.1. The molecule has 0 fully saturated rings. The molecule has 2 aromatic rings. The molecule has 100 valence electrons. The predicted molar refractivity (Wildman–Crippen MR) is 73.6 cm³/mol. The lowest BCUT2D eigenvalue weighted by Gasteiger charge is -2.11. The molecule has 4 nitrogen and oxygen atoms in total. The highest BCUT2D eigenvalue weighted by Gasteiger charge is 2.05. The molecular formula is C14H15FN2O2. The summed E-state index contributed by atoms with van der Waals surface area (Å²) in [5, 5.41) is 3.13. The van der Waals surface area contributed by atoms with E-state index in [9.17, 15) is 4.39 Å². The van der Waals surface area contributed by atoms with Crippen LogP contribution in [-0.4, -0.2) is 14.2 Å². The van der Waals surface area contributed by atoms with Crippen LogP contribution in [0.25, 0.3) is 0 Å². The van der Waals surface area contributed by atoms with Crippen molar-refractivity contribution in [2.75, 3.05) is 25.3 Å². The Morgan fingerprint density at radius 1 is 0.947 bits per heavy atom. The molecule has 0 bridgehead atoms. The van der Waals surface area contributed by atoms with Gasteiger partial charge in [-0.1, -0.05) is 0 Å². The van der Waals surface area contributed by atoms with Crippen molar-refractivity contribution < 1.29 is 13.9 Å². The van der Waals surface area contributed by atoms with E-state index in [0.29, 0.717) is 17.1 Å². The van der Waals surface area contributed by atoms with Gasteiger partial charge < -0.3 is 20.5 Å². The number of ether oxygens (including phenoxy) is 2. The molecule has 0 unspecified atom stereocenters. The molecule has 0 amide bonds. The third-order valence-electron chi connectivity index (χ3n) is 2.67. The number of hydrogen-bond acceptors (Lipinski definition) is 4. The summed E-state index contributed by atoms with van der Waals surface area (Å²) in [4.78, 5) is 0. The Balaban J connectivity index is 2.25. The Hall–Kier alpha value is -2.43. The molecule has 0 aliphatic rings. The highest BCUT2D eigenvalue weighted by Crippen LogP contribution is 2.29. The van der Waals surface area contributed by atoms with E-state index in [4.69, 9.17) is 15.2 Å². The molecule has 0 aliphatic heterocycles. The second kappa shape index (κ2) is 5.48. The van der Waals surface area contributed by atoms with Crippen LogP contribution >= 0.6 is 0 Å². The molecule has 5 heteroatoms. The number of nitrogens with two attached hydrogens (primary N) is 1. The van der Waals surface area contributed by atoms with Crippen LogP contribution in [-0.2, 0) is 0 Å². The summed E-state index contributed by atoms with van der Waals surface area (Å²) in [5.74, 6) is 0.370. The number of rotatable bonds is 4. The summed E-state index contributed by atoms with van der Waals surface area (Å²) >= 11 is 0. The van der Waals surface area contributed by atoms with Crippen LogP contribution in [0.1, 0.15) is 0 Å². The minimum absolute atomic E-state index is 0.187. The molecule has 0 spiro atoms. The van der Waals surface area contributed by atoms with E-state index in [1.807, 2.05) is 6.07 Å². The number of nitrogens with one attached hydrogen (secondary N) is 1. The van der Waals surface area contributed by atoms with Crippen molar-refractivity contribution in [1.82, 2.24) is 0 Å². The van der Waals surface area contributed by atoms with Gasteiger partial charge in [0.25, 0.3) is 0 Å². The van der Waals surface area contributed by atoms with E-state index in [0.717, 1.165) is 5.69 Å². The van der Waals surface area contributed by atoms with E-state index >= 15 is 0 Å². The molecule has 19 heavy (non-hydrogen) atoms. The number of hydrogen-bond donors (Lipinski definition) is 2. The van der Waals surface area contributed by atoms with Crippen LogP contribution in [0, 0.1) is 5.82 Å². The lowest BCUT2D eigenvalue weighted by Crippen LogP contribution is -1.96. The van der Waals surface area contributed by atoms with Crippen molar-refractivity contribution in [3.8, 4) is 11.5 Å². The van der Waals surface area contributed by atoms with Crippen LogP contribution in [0.3, 0.4) is 0 Å². The van der Waals surface area contributed by atoms with Crippen molar-refractivity contribution in [3.63, 3.8) is 0 Å². The topological polar surface area (TPSA) is 56.5 Å². The van der Waals surface area contributed by atoms with Crippen LogP contribution in [0.2, 0.25) is 0 Å². The van der Waals surface area contributed by atoms with E-state index in [-0.39, 0.29) is 5.75 Å². The predicted octanol–water partition coefficient (Wildman–Crippen LogP) is 3.17. The highest BCUT2D eigenvalue weighted by molar-refractivity contribution is 5.67. The zero-order valence-electron chi connectivity index (χ0n) is 10.7. The van der Waals surface area contributed by atoms with Gasteiger partial charge in [-0.25, -0.2) is 4.39 Å². The van der Waals surface area contributed by atoms with Crippen LogP contribution < -0.4 is 20.5 Å². The standard InChI is InChI=1S/C14H15FN2O2/c1-18-13-7-9(3-5-11(13)15)17-10-4-6-12(16)14(8-10)19-2/h3-8,17H,16H2,1-2H3. The number of benzene rings is 2. The fraction of sp³-hybridized carbons (Fsp3) is 0.143. The molecule has 0 saturated carbocycles. The molecule has 3 N–H and O–H groups in total. The van der Waals surface area contributed by atoms with Gasteiger partial charge in [-0.2, -0.15) is 0 Å². The first kappa shape index (κ1) is 13.0. The Bertz CT molecular complexity index is 536. The lowest BCUT2D eigenvalue weighted by molar-refractivity contribution is 0.387. The molecule has 2 rings (SSSR count). The third-order valence-corrected chi connectivity index (χ3v) is 2.67. The van der Waals surface area contributed by atoms with Crippen molar-refractivity contribution in [2.24, 2.45) is 0 Å². The van der Waals surface area contributed by atoms with Gasteiger partial charge in [0.05, 0.1) is 19.9 Å². The van der Waals surface area contributed by atoms with Gasteiger partial charge in [0.1, 0.15) is 5.75 Å². The second-order valence-corrected chi connectivity index (χ2v) is 3.93. The maximum absolute atomic E-state index is 13.3. The van der Waals surface area contributed by atoms with Crippen LogP contribution in [0.15, 0.2) is 36.4 Å². The quantitative estimate of drug-likeness (QED) is 0.831. The first-order valence-corrected chi connectivity index (χ1v) is 5.68. The zero-order valence-corrected chi connectivity index (χ0v) is 10.7. The van der Waals surface area contributed by atoms with Gasteiger partial charge >= 0.3 is 0 Å². The average Bonchev–Trinajstić information content (AvgIpc) is 2.43. The Morgan fingerprint density at radius 3 is 2.16 bits per heavy atom. The van der Waals surface area contributed by atoms with Crippen LogP contribution in [0.5, 0.6) is 11.5 Å². The van der Waals surface area contributed by atoms with Gasteiger partial charge in [-0.15, -0.1) is 0 Å². The minimum Gasteiger partial charge on any atom is -0.495 e. The number of nitrogen functional groups attached to an aromatic ring is 1. The first-order valence-electron chi connectivity index (χ1n) is 5.68. The van der Waals surface area contributed by atoms with Gasteiger partial charge in [0.2, 0.25) is 0 Å². The summed E-state index contributed by atoms with van der Waals surface area (Å²) in [6.07, 6.45) is 0. The van der Waals surface area contributed by atoms with Crippen molar-refractivity contribution in [1.29, 1.82) is 0 Å². The zero-order chi connectivity index (χ0) is 13.8. The molecule has 2 aromatic carbocycles. The molecule has 0 aromatic heterocycles. The fourth-order valence-corrected chi connectivity index (χ4v) is 1.69. The fourth-order valence-electron chi connectivity index (χ4n) is 1.69. The summed E-state index contributed by atoms with van der Waals surface area (Å²) < 4.78 is 23.4. The molecule has 0 aliphatic carbocycles. The van der Waals surface area contributed by atoms with Gasteiger partial charge in [0, 0.05) is 23.5 Å². The first-order chi connectivity index (χ1) is 9.13. The third kappa shape index (κ3) is 2.88. The lowest BCUT2D eigenvalue weighted by atomic mass is 10.2. The molecule has 0 atom stereocenters. The van der Waals surface area contributed by atoms with Crippen molar-refractivity contribution in [2.45, 2.75) is 0 Å². The number of anilines is 3. The SMILES string of the molecule is COc1cc(Nc2ccc(F)c(OC)c2)ccc1N. The van der Waals surface area contributed by atoms with Gasteiger partial charge in [-0.3, -0.25) is 0 Å². The smallest absolute Gasteiger partial charge is 0.165 e. The normalized spacial score (nSPS) is 10.1. The maximum Gasteiger partial charge on any atom is 0.165 e. The van der Waals surface area contributed by atoms with Crippen molar-refractivity contribution >= 4 is 17.1 Å². The number of halogens is 1. The molecule has 0 heterocycles. The molecular weight excluding hydrogens is 247 g/mol. The van der Waals surface area contributed by atoms with Gasteiger partial charge in [-0.05, 0) is 24.3 Å². The van der Waals surface area contributed by atoms with E-state index in [2.05, 4.69) is 5.32 Å². The molecule has 0 saturated heterocycles. The summed E-state index contributed by atoms with van der Waals surface area (Å²) in [6.45, 7) is 0. The van der Waals surface area contributed by atoms with E-state index < -0.39 is 5.82 Å². The Morgan fingerprint density at radius 2 is 1.53 bits per heavy atom. The summed E-state index contributed by atoms with van der Waals surface area (Å²) in [5.41, 5.74) is 7.80. The van der Waals surface area contributed by atoms with E-state index in [1.54, 1.807) is 31.4 Å². The van der Waals surface area contributed by atoms with E-state index in [1.165, 1.54) is 13.2 Å². The summed E-state index contributed by atoms with van der Waals surface area (Å²) in [7, 11) is 2.98. The van der Waals surface area contributed by atoms with Crippen molar-refractivity contribution in [3.05, 3.63) is 42.2 Å². The largest absolute Gasteiger partial charge is 0.495 e. The molecule has 0 radical (unpaired) electrons. The number of methoxy groups -OCH3 is 2. The second-order valence-electron chi connectivity index (χ2n) is 3.93. The summed E-state index contributed by atoms with van der Waals surface area (Å²) in [6, 6.07) is 9.87. The Kier molecular flexibility index (Phi) is 3.75. The maximum atomic E-state index is 13.3. The minimum atomic E-state index is -0.400. The monoisotopic (exact) mass is 262 g/mol. The average molecular weight is 262 g/mol. The Labute approximate surface area is 111 Å². The van der Waals surface area contributed by atoms with Crippen LogP contribution in [0.4, 0.5) is 21.5 Å².